The lowest BCUT2D eigenvalue weighted by molar-refractivity contribution is 0.0503. The molecule has 1 aromatic carbocycles. The molecule has 0 saturated heterocycles. The second-order valence-corrected chi connectivity index (χ2v) is 3.59. The highest BCUT2D eigenvalue weighted by atomic mass is 16.7. The number of pyridine rings is 1. The van der Waals surface area contributed by atoms with Crippen LogP contribution in [0.15, 0.2) is 48.7 Å². The van der Waals surface area contributed by atoms with E-state index in [2.05, 4.69) is 4.98 Å². The van der Waals surface area contributed by atoms with E-state index in [1.165, 1.54) is 7.11 Å². The number of ketones is 1. The molecule has 0 radical (unpaired) electrons. The van der Waals surface area contributed by atoms with Crippen LogP contribution in [-0.2, 0) is 4.74 Å². The first kappa shape index (κ1) is 12.3. The maximum Gasteiger partial charge on any atom is 0.215 e. The summed E-state index contributed by atoms with van der Waals surface area (Å²) in [6.45, 7) is 0.104. The van der Waals surface area contributed by atoms with Gasteiger partial charge in [0, 0.05) is 13.3 Å². The third kappa shape index (κ3) is 2.73. The van der Waals surface area contributed by atoms with Gasteiger partial charge in [0.1, 0.15) is 11.4 Å². The number of nitrogens with zero attached hydrogens (tertiary/aromatic N) is 1. The molecule has 1 aromatic heterocycles. The molecule has 4 nitrogen and oxygen atoms in total. The number of hydrogen-bond acceptors (Lipinski definition) is 4. The van der Waals surface area contributed by atoms with Crippen LogP contribution in [0, 0.1) is 0 Å². The van der Waals surface area contributed by atoms with Gasteiger partial charge < -0.3 is 9.47 Å². The van der Waals surface area contributed by atoms with E-state index < -0.39 is 0 Å². The number of benzene rings is 1. The van der Waals surface area contributed by atoms with E-state index in [-0.39, 0.29) is 12.6 Å². The minimum Gasteiger partial charge on any atom is -0.467 e. The van der Waals surface area contributed by atoms with Crippen LogP contribution in [0.5, 0.6) is 5.75 Å². The van der Waals surface area contributed by atoms with Crippen LogP contribution in [0.4, 0.5) is 0 Å². The summed E-state index contributed by atoms with van der Waals surface area (Å²) in [7, 11) is 1.53. The fraction of sp³-hybridized carbons (Fsp3) is 0.143. The van der Waals surface area contributed by atoms with Crippen LogP contribution in [0.25, 0.3) is 0 Å². The van der Waals surface area contributed by atoms with Crippen LogP contribution in [0.3, 0.4) is 0 Å². The van der Waals surface area contributed by atoms with Crippen molar-refractivity contribution < 1.29 is 14.3 Å². The van der Waals surface area contributed by atoms with Crippen molar-refractivity contribution in [2.45, 2.75) is 0 Å². The van der Waals surface area contributed by atoms with Crippen LogP contribution >= 0.6 is 0 Å². The van der Waals surface area contributed by atoms with Gasteiger partial charge in [-0.15, -0.1) is 0 Å². The summed E-state index contributed by atoms with van der Waals surface area (Å²) in [6.07, 6.45) is 1.59. The molecule has 0 unspecified atom stereocenters. The first-order chi connectivity index (χ1) is 8.83. The molecule has 0 aliphatic carbocycles. The Hall–Kier alpha value is -2.20. The predicted octanol–water partition coefficient (Wildman–Crippen LogP) is 2.30. The maximum absolute atomic E-state index is 12.2. The normalized spacial score (nSPS) is 10.1. The van der Waals surface area contributed by atoms with Gasteiger partial charge in [0.15, 0.2) is 6.79 Å². The van der Waals surface area contributed by atoms with Crippen LogP contribution in [0.1, 0.15) is 16.1 Å². The number of para-hydroxylation sites is 1. The molecule has 0 fully saturated rings. The topological polar surface area (TPSA) is 48.4 Å². The smallest absolute Gasteiger partial charge is 0.215 e. The fourth-order valence-corrected chi connectivity index (χ4v) is 1.54. The molecule has 0 spiro atoms. The number of rotatable bonds is 5. The molecule has 2 rings (SSSR count). The fourth-order valence-electron chi connectivity index (χ4n) is 1.54. The highest BCUT2D eigenvalue weighted by Gasteiger charge is 2.14. The quantitative estimate of drug-likeness (QED) is 0.597. The zero-order chi connectivity index (χ0) is 12.8. The number of ether oxygens (including phenoxy) is 2. The Kier molecular flexibility index (Phi) is 4.04. The third-order valence-corrected chi connectivity index (χ3v) is 2.36. The number of carbonyl (C=O) groups excluding carboxylic acids is 1. The van der Waals surface area contributed by atoms with Gasteiger partial charge in [-0.25, -0.2) is 0 Å². The van der Waals surface area contributed by atoms with E-state index in [1.807, 2.05) is 0 Å². The molecule has 18 heavy (non-hydrogen) atoms. The molecule has 0 aliphatic heterocycles. The highest BCUT2D eigenvalue weighted by molar-refractivity contribution is 6.09. The molecule has 1 heterocycles. The highest BCUT2D eigenvalue weighted by Crippen LogP contribution is 2.20. The lowest BCUT2D eigenvalue weighted by Gasteiger charge is -2.09. The van der Waals surface area contributed by atoms with E-state index in [9.17, 15) is 4.79 Å². The zero-order valence-corrected chi connectivity index (χ0v) is 10.00. The Morgan fingerprint density at radius 3 is 2.67 bits per heavy atom. The Balaban J connectivity index is 2.30. The van der Waals surface area contributed by atoms with Crippen molar-refractivity contribution in [3.8, 4) is 5.75 Å². The van der Waals surface area contributed by atoms with Gasteiger partial charge in [-0.2, -0.15) is 0 Å². The molecular weight excluding hydrogens is 230 g/mol. The summed E-state index contributed by atoms with van der Waals surface area (Å²) in [4.78, 5) is 16.3. The number of methoxy groups -OCH3 is 1. The van der Waals surface area contributed by atoms with Crippen molar-refractivity contribution >= 4 is 5.78 Å². The van der Waals surface area contributed by atoms with E-state index >= 15 is 0 Å². The molecule has 0 bridgehead atoms. The first-order valence-corrected chi connectivity index (χ1v) is 5.49. The SMILES string of the molecule is COCOc1ccccc1C(=O)c1ccccn1. The van der Waals surface area contributed by atoms with E-state index in [4.69, 9.17) is 9.47 Å². The third-order valence-electron chi connectivity index (χ3n) is 2.36. The molecule has 92 valence electrons. The standard InChI is InChI=1S/C14H13NO3/c1-17-10-18-13-8-3-2-6-11(13)14(16)12-7-4-5-9-15-12/h2-9H,10H2,1H3. The Bertz CT molecular complexity index is 526. The minimum absolute atomic E-state index is 0.104. The average Bonchev–Trinajstić information content (AvgIpc) is 2.45. The van der Waals surface area contributed by atoms with Gasteiger partial charge >= 0.3 is 0 Å². The second kappa shape index (κ2) is 5.93. The van der Waals surface area contributed by atoms with E-state index in [0.29, 0.717) is 17.0 Å². The molecule has 4 heteroatoms. The minimum atomic E-state index is -0.165. The van der Waals surface area contributed by atoms with Crippen molar-refractivity contribution in [1.82, 2.24) is 4.98 Å². The summed E-state index contributed by atoms with van der Waals surface area (Å²) < 4.78 is 10.2. The number of aromatic nitrogens is 1. The molecule has 2 aromatic rings. The first-order valence-electron chi connectivity index (χ1n) is 5.49. The van der Waals surface area contributed by atoms with Gasteiger partial charge in [0.2, 0.25) is 5.78 Å². The van der Waals surface area contributed by atoms with Crippen molar-refractivity contribution in [3.63, 3.8) is 0 Å². The van der Waals surface area contributed by atoms with Crippen molar-refractivity contribution in [2.24, 2.45) is 0 Å². The maximum atomic E-state index is 12.2. The van der Waals surface area contributed by atoms with Crippen molar-refractivity contribution in [2.75, 3.05) is 13.9 Å². The molecule has 0 saturated carbocycles. The largest absolute Gasteiger partial charge is 0.467 e. The van der Waals surface area contributed by atoms with Crippen LogP contribution < -0.4 is 4.74 Å². The van der Waals surface area contributed by atoms with Crippen LogP contribution in [-0.4, -0.2) is 24.7 Å². The lowest BCUT2D eigenvalue weighted by atomic mass is 10.1. The average molecular weight is 243 g/mol. The van der Waals surface area contributed by atoms with Crippen LogP contribution in [0.2, 0.25) is 0 Å². The summed E-state index contributed by atoms with van der Waals surface area (Å²) in [5.74, 6) is 0.331. The molecule has 0 N–H and O–H groups in total. The summed E-state index contributed by atoms with van der Waals surface area (Å²) in [6, 6.07) is 12.3. The molecule has 0 atom stereocenters. The number of hydrogen-bond donors (Lipinski definition) is 0. The van der Waals surface area contributed by atoms with Gasteiger partial charge in [-0.3, -0.25) is 9.78 Å². The van der Waals surface area contributed by atoms with Gasteiger partial charge in [0.05, 0.1) is 5.56 Å². The van der Waals surface area contributed by atoms with Crippen molar-refractivity contribution in [1.29, 1.82) is 0 Å². The van der Waals surface area contributed by atoms with Gasteiger partial charge in [-0.05, 0) is 24.3 Å². The second-order valence-electron chi connectivity index (χ2n) is 3.59. The van der Waals surface area contributed by atoms with Crippen molar-refractivity contribution in [3.05, 3.63) is 59.9 Å². The summed E-state index contributed by atoms with van der Waals surface area (Å²) >= 11 is 0. The Morgan fingerprint density at radius 1 is 1.17 bits per heavy atom. The monoisotopic (exact) mass is 243 g/mol. The van der Waals surface area contributed by atoms with E-state index in [1.54, 1.807) is 48.7 Å². The zero-order valence-electron chi connectivity index (χ0n) is 10.00. The Morgan fingerprint density at radius 2 is 1.94 bits per heavy atom. The summed E-state index contributed by atoms with van der Waals surface area (Å²) in [5.41, 5.74) is 0.874. The lowest BCUT2D eigenvalue weighted by Crippen LogP contribution is -2.08. The molecule has 0 amide bonds. The van der Waals surface area contributed by atoms with Gasteiger partial charge in [-0.1, -0.05) is 18.2 Å². The predicted molar refractivity (Wildman–Crippen MR) is 66.6 cm³/mol. The summed E-state index contributed by atoms with van der Waals surface area (Å²) in [5, 5.41) is 0. The molecule has 0 aliphatic rings. The van der Waals surface area contributed by atoms with Gasteiger partial charge in [0.25, 0.3) is 0 Å². The number of carbonyl (C=O) groups is 1. The van der Waals surface area contributed by atoms with E-state index in [0.717, 1.165) is 0 Å². The molecular formula is C14H13NO3. The Labute approximate surface area is 105 Å².